The number of benzene rings is 1. The van der Waals surface area contributed by atoms with Gasteiger partial charge in [0, 0.05) is 4.47 Å². The molecule has 106 valence electrons. The predicted molar refractivity (Wildman–Crippen MR) is 79.8 cm³/mol. The molecule has 0 aliphatic rings. The maximum absolute atomic E-state index is 12.0. The lowest BCUT2D eigenvalue weighted by molar-refractivity contribution is 0.0363. The van der Waals surface area contributed by atoms with E-state index in [0.29, 0.717) is 17.9 Å². The van der Waals surface area contributed by atoms with E-state index in [1.807, 2.05) is 45.0 Å². The van der Waals surface area contributed by atoms with E-state index in [1.54, 1.807) is 4.68 Å². The third-order valence-electron chi connectivity index (χ3n) is 2.90. The lowest BCUT2D eigenvalue weighted by atomic mass is 10.2. The van der Waals surface area contributed by atoms with Crippen molar-refractivity contribution in [2.24, 2.45) is 0 Å². The third kappa shape index (κ3) is 2.91. The second-order valence-electron chi connectivity index (χ2n) is 4.30. The number of hydroxylamine groups is 1. The Morgan fingerprint density at radius 2 is 2.00 bits per heavy atom. The van der Waals surface area contributed by atoms with Crippen LogP contribution in [0.4, 0.5) is 0 Å². The summed E-state index contributed by atoms with van der Waals surface area (Å²) in [6, 6.07) is 7.75. The molecule has 20 heavy (non-hydrogen) atoms. The highest BCUT2D eigenvalue weighted by molar-refractivity contribution is 9.10. The molecule has 0 spiro atoms. The number of aryl methyl sites for hydroxylation is 1. The quantitative estimate of drug-likeness (QED) is 0.872. The Morgan fingerprint density at radius 1 is 1.35 bits per heavy atom. The van der Waals surface area contributed by atoms with Crippen molar-refractivity contribution in [1.82, 2.24) is 15.3 Å². The summed E-state index contributed by atoms with van der Waals surface area (Å²) >= 11 is 3.40. The van der Waals surface area contributed by atoms with Crippen LogP contribution in [0.1, 0.15) is 28.7 Å². The molecule has 6 heteroatoms. The van der Waals surface area contributed by atoms with E-state index in [9.17, 15) is 4.79 Å². The van der Waals surface area contributed by atoms with Crippen LogP contribution in [-0.2, 0) is 4.84 Å². The molecule has 1 N–H and O–H groups in total. The van der Waals surface area contributed by atoms with Gasteiger partial charge in [0.2, 0.25) is 0 Å². The first-order chi connectivity index (χ1) is 9.54. The van der Waals surface area contributed by atoms with Gasteiger partial charge >= 0.3 is 0 Å². The van der Waals surface area contributed by atoms with Crippen LogP contribution in [0, 0.1) is 13.8 Å². The van der Waals surface area contributed by atoms with Crippen LogP contribution >= 0.6 is 15.9 Å². The summed E-state index contributed by atoms with van der Waals surface area (Å²) in [4.78, 5) is 17.0. The van der Waals surface area contributed by atoms with E-state index in [0.717, 1.165) is 15.9 Å². The number of carbonyl (C=O) groups is 1. The Bertz CT molecular complexity index is 620. The van der Waals surface area contributed by atoms with Gasteiger partial charge in [-0.1, -0.05) is 15.9 Å². The monoisotopic (exact) mass is 337 g/mol. The Hall–Kier alpha value is -1.66. The average molecular weight is 338 g/mol. The number of rotatable bonds is 4. The van der Waals surface area contributed by atoms with Crippen LogP contribution in [0.15, 0.2) is 28.7 Å². The summed E-state index contributed by atoms with van der Waals surface area (Å²) in [6.45, 7) is 5.90. The van der Waals surface area contributed by atoms with Crippen molar-refractivity contribution in [2.75, 3.05) is 6.61 Å². The lowest BCUT2D eigenvalue weighted by Gasteiger charge is -2.06. The predicted octanol–water partition coefficient (Wildman–Crippen LogP) is 2.93. The molecule has 0 saturated carbocycles. The summed E-state index contributed by atoms with van der Waals surface area (Å²) in [5, 5.41) is 4.42. The van der Waals surface area contributed by atoms with Crippen LogP contribution in [0.5, 0.6) is 0 Å². The fourth-order valence-electron chi connectivity index (χ4n) is 1.99. The number of halogens is 1. The molecule has 0 radical (unpaired) electrons. The zero-order valence-electron chi connectivity index (χ0n) is 11.6. The van der Waals surface area contributed by atoms with Crippen LogP contribution in [-0.4, -0.2) is 22.3 Å². The fraction of sp³-hybridized carbons (Fsp3) is 0.286. The molecule has 0 bridgehead atoms. The van der Waals surface area contributed by atoms with Crippen molar-refractivity contribution < 1.29 is 9.63 Å². The van der Waals surface area contributed by atoms with Gasteiger partial charge in [-0.3, -0.25) is 9.63 Å². The topological polar surface area (TPSA) is 56.1 Å². The van der Waals surface area contributed by atoms with Crippen LogP contribution in [0.25, 0.3) is 5.69 Å². The summed E-state index contributed by atoms with van der Waals surface area (Å²) in [5.41, 5.74) is 5.30. The van der Waals surface area contributed by atoms with Gasteiger partial charge in [-0.25, -0.2) is 10.2 Å². The summed E-state index contributed by atoms with van der Waals surface area (Å²) in [5.74, 6) is -0.273. The molecule has 1 aromatic carbocycles. The molecule has 5 nitrogen and oxygen atoms in total. The first-order valence-electron chi connectivity index (χ1n) is 6.29. The molecular weight excluding hydrogens is 322 g/mol. The number of hydrogen-bond acceptors (Lipinski definition) is 3. The van der Waals surface area contributed by atoms with Crippen LogP contribution in [0.3, 0.4) is 0 Å². The molecule has 1 heterocycles. The van der Waals surface area contributed by atoms with Crippen LogP contribution < -0.4 is 5.48 Å². The average Bonchev–Trinajstić information content (AvgIpc) is 2.72. The van der Waals surface area contributed by atoms with E-state index >= 15 is 0 Å². The highest BCUT2D eigenvalue weighted by Crippen LogP contribution is 2.19. The van der Waals surface area contributed by atoms with Crippen molar-refractivity contribution in [3.8, 4) is 5.69 Å². The van der Waals surface area contributed by atoms with Gasteiger partial charge in [-0.15, -0.1) is 0 Å². The van der Waals surface area contributed by atoms with E-state index in [-0.39, 0.29) is 5.91 Å². The first-order valence-corrected chi connectivity index (χ1v) is 7.08. The van der Waals surface area contributed by atoms with Crippen molar-refractivity contribution in [3.05, 3.63) is 45.7 Å². The van der Waals surface area contributed by atoms with Crippen molar-refractivity contribution in [3.63, 3.8) is 0 Å². The van der Waals surface area contributed by atoms with Crippen LogP contribution in [0.2, 0.25) is 0 Å². The van der Waals surface area contributed by atoms with Crippen molar-refractivity contribution in [2.45, 2.75) is 20.8 Å². The zero-order valence-corrected chi connectivity index (χ0v) is 13.2. The molecule has 1 aromatic heterocycles. The molecule has 2 rings (SSSR count). The maximum atomic E-state index is 12.0. The highest BCUT2D eigenvalue weighted by atomic mass is 79.9. The van der Waals surface area contributed by atoms with Gasteiger partial charge in [0.05, 0.1) is 29.2 Å². The summed E-state index contributed by atoms with van der Waals surface area (Å²) < 4.78 is 2.75. The molecule has 1 amide bonds. The molecule has 0 fully saturated rings. The highest BCUT2D eigenvalue weighted by Gasteiger charge is 2.19. The molecular formula is C14H16BrN3O2. The number of carbonyl (C=O) groups excluding carboxylic acids is 1. The Labute approximate surface area is 126 Å². The second-order valence-corrected chi connectivity index (χ2v) is 5.21. The number of nitrogens with zero attached hydrogens (tertiary/aromatic N) is 2. The largest absolute Gasteiger partial charge is 0.278 e. The van der Waals surface area contributed by atoms with Gasteiger partial charge in [0.15, 0.2) is 0 Å². The Morgan fingerprint density at radius 3 is 2.60 bits per heavy atom. The minimum absolute atomic E-state index is 0.273. The number of hydrogen-bond donors (Lipinski definition) is 1. The fourth-order valence-corrected chi connectivity index (χ4v) is 2.26. The molecule has 0 unspecified atom stereocenters. The SMILES string of the molecule is CCONC(=O)c1c(C)nn(-c2ccc(Br)cc2)c1C. The minimum atomic E-state index is -0.273. The normalized spacial score (nSPS) is 10.6. The van der Waals surface area contributed by atoms with E-state index in [1.165, 1.54) is 0 Å². The Kier molecular flexibility index (Phi) is 4.57. The van der Waals surface area contributed by atoms with E-state index in [2.05, 4.69) is 26.5 Å². The van der Waals surface area contributed by atoms with Gasteiger partial charge in [0.25, 0.3) is 5.91 Å². The van der Waals surface area contributed by atoms with Crippen molar-refractivity contribution >= 4 is 21.8 Å². The maximum Gasteiger partial charge on any atom is 0.278 e. The summed E-state index contributed by atoms with van der Waals surface area (Å²) in [7, 11) is 0. The number of amides is 1. The Balaban J connectivity index is 2.38. The third-order valence-corrected chi connectivity index (χ3v) is 3.43. The van der Waals surface area contributed by atoms with E-state index in [4.69, 9.17) is 4.84 Å². The lowest BCUT2D eigenvalue weighted by Crippen LogP contribution is -2.24. The van der Waals surface area contributed by atoms with Gasteiger partial charge in [-0.2, -0.15) is 5.10 Å². The van der Waals surface area contributed by atoms with Crippen molar-refractivity contribution in [1.29, 1.82) is 0 Å². The number of aromatic nitrogens is 2. The zero-order chi connectivity index (χ0) is 14.7. The van der Waals surface area contributed by atoms with Gasteiger partial charge < -0.3 is 0 Å². The molecule has 2 aromatic rings. The standard InChI is InChI=1S/C14H16BrN3O2/c1-4-20-17-14(19)13-9(2)16-18(10(13)3)12-7-5-11(15)6-8-12/h5-8H,4H2,1-3H3,(H,17,19). The van der Waals surface area contributed by atoms with Gasteiger partial charge in [-0.05, 0) is 45.0 Å². The smallest absolute Gasteiger partial charge is 0.274 e. The summed E-state index contributed by atoms with van der Waals surface area (Å²) in [6.07, 6.45) is 0. The second kappa shape index (κ2) is 6.19. The molecule has 0 saturated heterocycles. The molecule has 0 aliphatic carbocycles. The molecule has 0 atom stereocenters. The molecule has 0 aliphatic heterocycles. The minimum Gasteiger partial charge on any atom is -0.274 e. The number of nitrogens with one attached hydrogen (secondary N) is 1. The van der Waals surface area contributed by atoms with Gasteiger partial charge in [0.1, 0.15) is 0 Å². The first kappa shape index (κ1) is 14.7. The van der Waals surface area contributed by atoms with E-state index < -0.39 is 0 Å².